The van der Waals surface area contributed by atoms with Crippen LogP contribution >= 0.6 is 0 Å². The molecular weight excluding hydrogens is 347 g/mol. The second-order valence-corrected chi connectivity index (χ2v) is 6.53. The Morgan fingerprint density at radius 1 is 1.24 bits per heavy atom. The number of hydrogen-bond donors (Lipinski definition) is 3. The number of nitrogens with one attached hydrogen (secondary N) is 2. The first-order chi connectivity index (χ1) is 12.0. The number of rotatable bonds is 7. The van der Waals surface area contributed by atoms with Gasteiger partial charge in [-0.15, -0.1) is 0 Å². The van der Waals surface area contributed by atoms with Crippen molar-refractivity contribution < 1.29 is 17.6 Å². The third kappa shape index (κ3) is 4.18. The summed E-state index contributed by atoms with van der Waals surface area (Å²) in [6.07, 6.45) is 5.36. The van der Waals surface area contributed by atoms with E-state index in [2.05, 4.69) is 20.0 Å². The maximum Gasteiger partial charge on any atom is 0.201 e. The van der Waals surface area contributed by atoms with Gasteiger partial charge in [-0.2, -0.15) is 0 Å². The maximum absolute atomic E-state index is 13.9. The molecule has 0 saturated heterocycles. The fourth-order valence-corrected chi connectivity index (χ4v) is 3.17. The molecule has 2 aliphatic rings. The minimum absolute atomic E-state index is 0.247. The minimum atomic E-state index is -2.64. The van der Waals surface area contributed by atoms with Gasteiger partial charge in [0.15, 0.2) is 5.78 Å². The number of carbonyl (C=O) groups is 1. The van der Waals surface area contributed by atoms with E-state index in [1.165, 1.54) is 12.1 Å². The number of ketones is 1. The number of fused-ring (bicyclic) bond motifs is 1. The molecule has 2 heterocycles. The van der Waals surface area contributed by atoms with Crippen molar-refractivity contribution in [3.63, 3.8) is 0 Å². The molecule has 9 heteroatoms. The highest BCUT2D eigenvalue weighted by atomic mass is 32.2. The first-order valence-corrected chi connectivity index (χ1v) is 8.95. The summed E-state index contributed by atoms with van der Waals surface area (Å²) in [6, 6.07) is 3.78. The fraction of sp³-hybridized carbons (Fsp3) is 0.312. The van der Waals surface area contributed by atoms with Gasteiger partial charge in [0.05, 0.1) is 0 Å². The van der Waals surface area contributed by atoms with Gasteiger partial charge < -0.3 is 5.32 Å². The molecule has 2 aliphatic heterocycles. The Morgan fingerprint density at radius 2 is 2.04 bits per heavy atom. The standard InChI is InChI=1S/C16H17FN4O3S/c17-12-7-10(2-1-3-21-25(23)24)6-11(8-12)15(22)13-9-20-16-14(13)18-4-5-19-16/h4-9,14,16,20,25H,1-3H2,(H,21,23,24). The van der Waals surface area contributed by atoms with Crippen molar-refractivity contribution in [2.24, 2.45) is 9.98 Å². The molecule has 3 rings (SSSR count). The normalized spacial score (nSPS) is 21.1. The SMILES string of the molecule is O=C(C1=CNC2N=CC=NC12)c1cc(F)cc(CCCN[SH](=O)=O)c1. The van der Waals surface area contributed by atoms with Gasteiger partial charge in [-0.25, -0.2) is 17.5 Å². The third-order valence-electron chi connectivity index (χ3n) is 3.95. The van der Waals surface area contributed by atoms with E-state index in [4.69, 9.17) is 0 Å². The summed E-state index contributed by atoms with van der Waals surface area (Å²) in [5.41, 5.74) is 1.33. The van der Waals surface area contributed by atoms with Crippen molar-refractivity contribution in [3.8, 4) is 0 Å². The summed E-state index contributed by atoms with van der Waals surface area (Å²) < 4.78 is 37.1. The lowest BCUT2D eigenvalue weighted by atomic mass is 9.96. The van der Waals surface area contributed by atoms with E-state index in [1.54, 1.807) is 24.7 Å². The number of halogens is 1. The molecule has 0 radical (unpaired) electrons. The Hall–Kier alpha value is -2.39. The number of thiol groups is 1. The van der Waals surface area contributed by atoms with E-state index in [0.717, 1.165) is 0 Å². The molecule has 0 amide bonds. The monoisotopic (exact) mass is 364 g/mol. The van der Waals surface area contributed by atoms with Crippen LogP contribution in [0.4, 0.5) is 4.39 Å². The molecule has 0 bridgehead atoms. The lowest BCUT2D eigenvalue weighted by Gasteiger charge is -2.17. The van der Waals surface area contributed by atoms with Gasteiger partial charge >= 0.3 is 0 Å². The van der Waals surface area contributed by atoms with Crippen LogP contribution in [0, 0.1) is 5.82 Å². The van der Waals surface area contributed by atoms with Gasteiger partial charge in [0, 0.05) is 36.3 Å². The van der Waals surface area contributed by atoms with Crippen molar-refractivity contribution in [1.29, 1.82) is 0 Å². The van der Waals surface area contributed by atoms with Crippen LogP contribution in [0.5, 0.6) is 0 Å². The largest absolute Gasteiger partial charge is 0.367 e. The molecule has 1 aromatic rings. The second kappa shape index (κ2) is 7.66. The van der Waals surface area contributed by atoms with Crippen LogP contribution in [0.3, 0.4) is 0 Å². The summed E-state index contributed by atoms with van der Waals surface area (Å²) in [5, 5.41) is 2.99. The average Bonchev–Trinajstić information content (AvgIpc) is 3.01. The van der Waals surface area contributed by atoms with Crippen molar-refractivity contribution >= 4 is 29.1 Å². The maximum atomic E-state index is 13.9. The smallest absolute Gasteiger partial charge is 0.201 e. The quantitative estimate of drug-likeness (QED) is 0.370. The lowest BCUT2D eigenvalue weighted by Crippen LogP contribution is -2.32. The molecule has 0 aliphatic carbocycles. The van der Waals surface area contributed by atoms with Crippen LogP contribution in [-0.2, 0) is 17.3 Å². The summed E-state index contributed by atoms with van der Waals surface area (Å²) in [4.78, 5) is 21.2. The summed E-state index contributed by atoms with van der Waals surface area (Å²) in [7, 11) is -2.64. The number of Topliss-reactive ketones (excluding diaryl/α,β-unsaturated/α-hetero) is 1. The molecule has 7 nitrogen and oxygen atoms in total. The number of hydrogen-bond acceptors (Lipinski definition) is 6. The molecule has 1 aromatic carbocycles. The number of benzene rings is 1. The van der Waals surface area contributed by atoms with E-state index in [1.807, 2.05) is 0 Å². The van der Waals surface area contributed by atoms with Crippen molar-refractivity contribution in [2.45, 2.75) is 25.0 Å². The van der Waals surface area contributed by atoms with Crippen LogP contribution < -0.4 is 10.0 Å². The highest BCUT2D eigenvalue weighted by Crippen LogP contribution is 2.24. The predicted molar refractivity (Wildman–Crippen MR) is 93.1 cm³/mol. The highest BCUT2D eigenvalue weighted by Gasteiger charge is 2.34. The van der Waals surface area contributed by atoms with Crippen LogP contribution in [0.25, 0.3) is 0 Å². The van der Waals surface area contributed by atoms with Crippen molar-refractivity contribution in [2.75, 3.05) is 6.54 Å². The second-order valence-electron chi connectivity index (χ2n) is 5.70. The number of nitrogens with zero attached hydrogens (tertiary/aromatic N) is 2. The third-order valence-corrected chi connectivity index (χ3v) is 4.43. The Balaban J connectivity index is 1.72. The first kappa shape index (κ1) is 17.4. The van der Waals surface area contributed by atoms with Gasteiger partial charge in [-0.05, 0) is 36.6 Å². The highest BCUT2D eigenvalue weighted by molar-refractivity contribution is 7.70. The predicted octanol–water partition coefficient (Wildman–Crippen LogP) is 0.394. The van der Waals surface area contributed by atoms with Crippen LogP contribution in [0.2, 0.25) is 0 Å². The first-order valence-electron chi connectivity index (χ1n) is 7.78. The molecule has 0 saturated carbocycles. The summed E-state index contributed by atoms with van der Waals surface area (Å²) in [5.74, 6) is -0.798. The average molecular weight is 364 g/mol. The molecular formula is C16H17FN4O3S. The molecule has 25 heavy (non-hydrogen) atoms. The van der Waals surface area contributed by atoms with Gasteiger partial charge in [0.2, 0.25) is 10.9 Å². The van der Waals surface area contributed by atoms with Gasteiger partial charge in [0.1, 0.15) is 18.0 Å². The van der Waals surface area contributed by atoms with Crippen molar-refractivity contribution in [1.82, 2.24) is 10.0 Å². The molecule has 0 spiro atoms. The van der Waals surface area contributed by atoms with Crippen LogP contribution in [-0.4, -0.2) is 45.4 Å². The Kier molecular flexibility index (Phi) is 5.34. The molecule has 2 unspecified atom stereocenters. The number of carbonyl (C=O) groups excluding carboxylic acids is 1. The van der Waals surface area contributed by atoms with E-state index in [0.29, 0.717) is 24.0 Å². The number of aryl methyl sites for hydroxylation is 1. The van der Waals surface area contributed by atoms with E-state index in [-0.39, 0.29) is 24.1 Å². The van der Waals surface area contributed by atoms with E-state index < -0.39 is 22.7 Å². The van der Waals surface area contributed by atoms with Gasteiger partial charge in [-0.1, -0.05) is 0 Å². The topological polar surface area (TPSA) is 100.0 Å². The van der Waals surface area contributed by atoms with Gasteiger partial charge in [-0.3, -0.25) is 14.8 Å². The zero-order valence-electron chi connectivity index (χ0n) is 13.2. The van der Waals surface area contributed by atoms with Gasteiger partial charge in [0.25, 0.3) is 0 Å². The Bertz CT molecular complexity index is 840. The molecule has 0 aromatic heterocycles. The lowest BCUT2D eigenvalue weighted by molar-refractivity contribution is 0.102. The molecule has 2 atom stereocenters. The summed E-state index contributed by atoms with van der Waals surface area (Å²) in [6.45, 7) is 0.268. The zero-order valence-corrected chi connectivity index (χ0v) is 14.1. The summed E-state index contributed by atoms with van der Waals surface area (Å²) >= 11 is 0. The molecule has 2 N–H and O–H groups in total. The zero-order chi connectivity index (χ0) is 17.8. The van der Waals surface area contributed by atoms with E-state index >= 15 is 0 Å². The molecule has 132 valence electrons. The van der Waals surface area contributed by atoms with E-state index in [9.17, 15) is 17.6 Å². The van der Waals surface area contributed by atoms with Crippen LogP contribution in [0.15, 0.2) is 40.0 Å². The van der Waals surface area contributed by atoms with Crippen molar-refractivity contribution in [3.05, 3.63) is 46.9 Å². The fourth-order valence-electron chi connectivity index (χ4n) is 2.83. The number of aliphatic imine (C=N–C) groups is 2. The minimum Gasteiger partial charge on any atom is -0.367 e. The Labute approximate surface area is 145 Å². The Morgan fingerprint density at radius 3 is 2.84 bits per heavy atom. The van der Waals surface area contributed by atoms with Crippen LogP contribution in [0.1, 0.15) is 22.3 Å². The molecule has 0 fully saturated rings.